The third-order valence-corrected chi connectivity index (χ3v) is 5.24. The molecule has 0 radical (unpaired) electrons. The molecule has 0 bridgehead atoms. The smallest absolute Gasteiger partial charge is 0.151 e. The van der Waals surface area contributed by atoms with E-state index in [1.54, 1.807) is 12.3 Å². The summed E-state index contributed by atoms with van der Waals surface area (Å²) in [5, 5.41) is 8.81. The van der Waals surface area contributed by atoms with Crippen LogP contribution < -0.4 is 0 Å². The van der Waals surface area contributed by atoms with Gasteiger partial charge in [-0.3, -0.25) is 9.58 Å². The molecule has 0 aliphatic carbocycles. The summed E-state index contributed by atoms with van der Waals surface area (Å²) >= 11 is 6.18. The minimum Gasteiger partial charge on any atom is -0.371 e. The first-order valence-electron chi connectivity index (χ1n) is 8.74. The van der Waals surface area contributed by atoms with E-state index >= 15 is 0 Å². The average molecular weight is 391 g/mol. The van der Waals surface area contributed by atoms with Gasteiger partial charge in [-0.15, -0.1) is 0 Å². The van der Waals surface area contributed by atoms with Gasteiger partial charge in [0.15, 0.2) is 5.76 Å². The number of aromatic nitrogens is 3. The van der Waals surface area contributed by atoms with E-state index in [1.807, 2.05) is 24.7 Å². The van der Waals surface area contributed by atoms with Crippen LogP contribution in [0, 0.1) is 12.7 Å². The van der Waals surface area contributed by atoms with Crippen molar-refractivity contribution in [2.45, 2.75) is 19.6 Å². The molecule has 3 aromatic rings. The largest absolute Gasteiger partial charge is 0.371 e. The number of nitrogens with zero attached hydrogens (tertiary/aromatic N) is 4. The highest BCUT2D eigenvalue weighted by molar-refractivity contribution is 6.31. The van der Waals surface area contributed by atoms with Gasteiger partial charge in [-0.2, -0.15) is 5.10 Å². The van der Waals surface area contributed by atoms with Crippen molar-refractivity contribution in [1.82, 2.24) is 19.8 Å². The van der Waals surface area contributed by atoms with Crippen LogP contribution in [0.4, 0.5) is 4.39 Å². The summed E-state index contributed by atoms with van der Waals surface area (Å²) in [6, 6.07) is 6.35. The molecule has 1 aliphatic heterocycles. The number of benzene rings is 1. The van der Waals surface area contributed by atoms with Gasteiger partial charge in [0, 0.05) is 48.0 Å². The van der Waals surface area contributed by atoms with Gasteiger partial charge in [0.2, 0.25) is 0 Å². The Morgan fingerprint density at radius 3 is 2.93 bits per heavy atom. The monoisotopic (exact) mass is 390 g/mol. The van der Waals surface area contributed by atoms with Crippen LogP contribution >= 0.6 is 11.6 Å². The fourth-order valence-electron chi connectivity index (χ4n) is 3.28. The Labute approximate surface area is 161 Å². The Morgan fingerprint density at radius 2 is 2.19 bits per heavy atom. The molecule has 0 saturated carbocycles. The molecule has 1 unspecified atom stereocenters. The second-order valence-corrected chi connectivity index (χ2v) is 7.11. The lowest BCUT2D eigenvalue weighted by molar-refractivity contribution is -0.0350. The van der Waals surface area contributed by atoms with E-state index in [0.29, 0.717) is 24.7 Å². The van der Waals surface area contributed by atoms with E-state index < -0.39 is 0 Å². The Morgan fingerprint density at radius 1 is 1.33 bits per heavy atom. The molecule has 0 spiro atoms. The van der Waals surface area contributed by atoms with E-state index in [2.05, 4.69) is 15.2 Å². The standard InChI is InChI=1S/C19H20ClFN4O2/c1-12-16(9-22-24(12)2)18-8-14(27-23-18)10-25-5-6-26-19(11-25)15-4-3-13(21)7-17(15)20/h3-4,7-9,19H,5-6,10-11H2,1-2H3. The third kappa shape index (κ3) is 3.76. The maximum atomic E-state index is 13.3. The molecule has 8 heteroatoms. The molecule has 27 heavy (non-hydrogen) atoms. The van der Waals surface area contributed by atoms with Crippen LogP contribution in [0.15, 0.2) is 35.0 Å². The van der Waals surface area contributed by atoms with Gasteiger partial charge in [0.25, 0.3) is 0 Å². The maximum absolute atomic E-state index is 13.3. The lowest BCUT2D eigenvalue weighted by atomic mass is 10.1. The van der Waals surface area contributed by atoms with Crippen molar-refractivity contribution in [2.24, 2.45) is 7.05 Å². The number of morpholine rings is 1. The second kappa shape index (κ2) is 7.42. The van der Waals surface area contributed by atoms with Crippen LogP contribution in [0.25, 0.3) is 11.3 Å². The minimum absolute atomic E-state index is 0.199. The van der Waals surface area contributed by atoms with Crippen molar-refractivity contribution in [3.63, 3.8) is 0 Å². The molecule has 1 atom stereocenters. The Balaban J connectivity index is 1.46. The highest BCUT2D eigenvalue weighted by atomic mass is 35.5. The summed E-state index contributed by atoms with van der Waals surface area (Å²) in [7, 11) is 1.90. The summed E-state index contributed by atoms with van der Waals surface area (Å²) in [4.78, 5) is 2.22. The summed E-state index contributed by atoms with van der Waals surface area (Å²) in [5.41, 5.74) is 3.58. The van der Waals surface area contributed by atoms with Crippen LogP contribution in [0.1, 0.15) is 23.1 Å². The van der Waals surface area contributed by atoms with Gasteiger partial charge < -0.3 is 9.26 Å². The number of halogens is 2. The van der Waals surface area contributed by atoms with Crippen molar-refractivity contribution >= 4 is 11.6 Å². The van der Waals surface area contributed by atoms with Crippen molar-refractivity contribution in [3.8, 4) is 11.3 Å². The first-order chi connectivity index (χ1) is 13.0. The molecule has 2 aromatic heterocycles. The molecule has 3 heterocycles. The Kier molecular flexibility index (Phi) is 4.99. The van der Waals surface area contributed by atoms with E-state index in [-0.39, 0.29) is 11.9 Å². The van der Waals surface area contributed by atoms with E-state index in [0.717, 1.165) is 34.8 Å². The van der Waals surface area contributed by atoms with E-state index in [1.165, 1.54) is 12.1 Å². The molecule has 4 rings (SSSR count). The van der Waals surface area contributed by atoms with Crippen LogP contribution in [-0.2, 0) is 18.3 Å². The fourth-order valence-corrected chi connectivity index (χ4v) is 3.57. The number of ether oxygens (including phenoxy) is 1. The lowest BCUT2D eigenvalue weighted by Gasteiger charge is -2.32. The molecule has 142 valence electrons. The molecular weight excluding hydrogens is 371 g/mol. The summed E-state index contributed by atoms with van der Waals surface area (Å²) in [6.07, 6.45) is 1.59. The van der Waals surface area contributed by atoms with Gasteiger partial charge in [-0.1, -0.05) is 22.8 Å². The molecule has 0 amide bonds. The zero-order chi connectivity index (χ0) is 19.0. The van der Waals surface area contributed by atoms with Gasteiger partial charge in [0.1, 0.15) is 11.5 Å². The summed E-state index contributed by atoms with van der Waals surface area (Å²) in [5.74, 6) is 0.426. The first kappa shape index (κ1) is 18.2. The second-order valence-electron chi connectivity index (χ2n) is 6.71. The maximum Gasteiger partial charge on any atom is 0.151 e. The highest BCUT2D eigenvalue weighted by Gasteiger charge is 2.25. The van der Waals surface area contributed by atoms with Crippen molar-refractivity contribution in [1.29, 1.82) is 0 Å². The molecule has 1 aliphatic rings. The van der Waals surface area contributed by atoms with Crippen molar-refractivity contribution < 1.29 is 13.7 Å². The van der Waals surface area contributed by atoms with Gasteiger partial charge in [-0.25, -0.2) is 4.39 Å². The van der Waals surface area contributed by atoms with Crippen LogP contribution in [0.3, 0.4) is 0 Å². The molecule has 1 fully saturated rings. The van der Waals surface area contributed by atoms with Gasteiger partial charge >= 0.3 is 0 Å². The van der Waals surface area contributed by atoms with Crippen molar-refractivity contribution in [2.75, 3.05) is 19.7 Å². The lowest BCUT2D eigenvalue weighted by Crippen LogP contribution is -2.37. The minimum atomic E-state index is -0.351. The van der Waals surface area contributed by atoms with E-state index in [9.17, 15) is 4.39 Å². The number of hydrogen-bond acceptors (Lipinski definition) is 5. The first-order valence-corrected chi connectivity index (χ1v) is 9.12. The number of rotatable bonds is 4. The van der Waals surface area contributed by atoms with Crippen LogP contribution in [-0.4, -0.2) is 39.5 Å². The zero-order valence-electron chi connectivity index (χ0n) is 15.2. The zero-order valence-corrected chi connectivity index (χ0v) is 15.9. The summed E-state index contributed by atoms with van der Waals surface area (Å²) < 4.78 is 26.5. The van der Waals surface area contributed by atoms with Crippen molar-refractivity contribution in [3.05, 3.63) is 58.3 Å². The van der Waals surface area contributed by atoms with E-state index in [4.69, 9.17) is 20.9 Å². The summed E-state index contributed by atoms with van der Waals surface area (Å²) in [6.45, 7) is 4.60. The average Bonchev–Trinajstić information content (AvgIpc) is 3.22. The predicted molar refractivity (Wildman–Crippen MR) is 98.8 cm³/mol. The molecule has 1 aromatic carbocycles. The van der Waals surface area contributed by atoms with Gasteiger partial charge in [0.05, 0.1) is 25.5 Å². The molecule has 1 saturated heterocycles. The Hall–Kier alpha value is -2.22. The SMILES string of the molecule is Cc1c(-c2cc(CN3CCOC(c4ccc(F)cc4Cl)C3)on2)cnn1C. The quantitative estimate of drug-likeness (QED) is 0.679. The normalized spacial score (nSPS) is 18.1. The number of hydrogen-bond donors (Lipinski definition) is 0. The van der Waals surface area contributed by atoms with Crippen LogP contribution in [0.5, 0.6) is 0 Å². The number of aryl methyl sites for hydroxylation is 1. The highest BCUT2D eigenvalue weighted by Crippen LogP contribution is 2.30. The molecular formula is C19H20ClFN4O2. The van der Waals surface area contributed by atoms with Gasteiger partial charge in [-0.05, 0) is 19.1 Å². The molecule has 6 nitrogen and oxygen atoms in total. The fraction of sp³-hybridized carbons (Fsp3) is 0.368. The third-order valence-electron chi connectivity index (χ3n) is 4.91. The Bertz CT molecular complexity index is 955. The van der Waals surface area contributed by atoms with Crippen LogP contribution in [0.2, 0.25) is 5.02 Å². The topological polar surface area (TPSA) is 56.3 Å². The molecule has 0 N–H and O–H groups in total. The predicted octanol–water partition coefficient (Wildman–Crippen LogP) is 3.75.